The van der Waals surface area contributed by atoms with E-state index in [4.69, 9.17) is 25.8 Å². The molecule has 0 aromatic heterocycles. The van der Waals surface area contributed by atoms with Crippen LogP contribution in [0, 0.1) is 0 Å². The Bertz CT molecular complexity index is 207. The van der Waals surface area contributed by atoms with Gasteiger partial charge in [0, 0.05) is 26.3 Å². The van der Waals surface area contributed by atoms with Crippen LogP contribution >= 0.6 is 0 Å². The van der Waals surface area contributed by atoms with E-state index in [0.29, 0.717) is 46.2 Å². The Hall–Kier alpha value is -0.930. The van der Waals surface area contributed by atoms with Crippen LogP contribution in [0.5, 0.6) is 0 Å². The summed E-state index contributed by atoms with van der Waals surface area (Å²) in [7, 11) is 0. The van der Waals surface area contributed by atoms with Crippen LogP contribution in [0.2, 0.25) is 0 Å². The average Bonchev–Trinajstić information content (AvgIpc) is 2.39. The molecule has 0 aromatic carbocycles. The first-order valence-corrected chi connectivity index (χ1v) is 6.47. The van der Waals surface area contributed by atoms with E-state index in [-0.39, 0.29) is 0 Å². The van der Waals surface area contributed by atoms with Crippen molar-refractivity contribution in [3.63, 3.8) is 0 Å². The first kappa shape index (κ1) is 18.1. The molecule has 0 unspecified atom stereocenters. The second kappa shape index (κ2) is 15.1. The summed E-state index contributed by atoms with van der Waals surface area (Å²) in [5.74, 6) is 5.11. The number of rotatable bonds is 14. The molecule has 19 heavy (non-hydrogen) atoms. The molecule has 0 atom stereocenters. The highest BCUT2D eigenvalue weighted by Gasteiger charge is 1.93. The number of nitrogens with two attached hydrogens (primary N) is 2. The highest BCUT2D eigenvalue weighted by molar-refractivity contribution is 5.71. The SMILES string of the molecule is NNCCCOCCOCCOCCCNC(N)=O. The molecule has 6 N–H and O–H groups in total. The van der Waals surface area contributed by atoms with Crippen molar-refractivity contribution in [2.45, 2.75) is 12.8 Å². The largest absolute Gasteiger partial charge is 0.379 e. The number of hydrazine groups is 1. The number of ether oxygens (including phenoxy) is 3. The number of nitrogens with one attached hydrogen (secondary N) is 2. The van der Waals surface area contributed by atoms with Crippen molar-refractivity contribution >= 4 is 6.03 Å². The van der Waals surface area contributed by atoms with Crippen molar-refractivity contribution in [1.29, 1.82) is 0 Å². The summed E-state index contributed by atoms with van der Waals surface area (Å²) in [4.78, 5) is 10.3. The Morgan fingerprint density at radius 1 is 0.842 bits per heavy atom. The van der Waals surface area contributed by atoms with Crippen molar-refractivity contribution in [1.82, 2.24) is 10.7 Å². The predicted molar refractivity (Wildman–Crippen MR) is 71.5 cm³/mol. The fourth-order valence-electron chi connectivity index (χ4n) is 1.20. The van der Waals surface area contributed by atoms with Gasteiger partial charge in [0.25, 0.3) is 0 Å². The number of hydrogen-bond donors (Lipinski definition) is 4. The van der Waals surface area contributed by atoms with Crippen molar-refractivity contribution in [3.05, 3.63) is 0 Å². The maximum Gasteiger partial charge on any atom is 0.312 e. The zero-order chi connectivity index (χ0) is 14.2. The van der Waals surface area contributed by atoms with Gasteiger partial charge in [0.15, 0.2) is 0 Å². The molecule has 8 nitrogen and oxygen atoms in total. The molecule has 0 saturated heterocycles. The van der Waals surface area contributed by atoms with Gasteiger partial charge in [-0.15, -0.1) is 0 Å². The number of carbonyl (C=O) groups is 1. The quantitative estimate of drug-likeness (QED) is 0.183. The van der Waals surface area contributed by atoms with Crippen LogP contribution in [0.4, 0.5) is 4.79 Å². The van der Waals surface area contributed by atoms with Gasteiger partial charge < -0.3 is 25.3 Å². The van der Waals surface area contributed by atoms with E-state index < -0.39 is 6.03 Å². The molecule has 8 heteroatoms. The third-order valence-corrected chi connectivity index (χ3v) is 2.12. The molecule has 0 aliphatic rings. The Balaban J connectivity index is 2.93. The Morgan fingerprint density at radius 3 is 1.79 bits per heavy atom. The number of hydrogen-bond acceptors (Lipinski definition) is 6. The fourth-order valence-corrected chi connectivity index (χ4v) is 1.20. The van der Waals surface area contributed by atoms with Gasteiger partial charge >= 0.3 is 6.03 Å². The van der Waals surface area contributed by atoms with Crippen molar-refractivity contribution in [3.8, 4) is 0 Å². The normalized spacial score (nSPS) is 10.6. The van der Waals surface area contributed by atoms with Crippen LogP contribution in [-0.4, -0.2) is 58.8 Å². The molecule has 0 fully saturated rings. The van der Waals surface area contributed by atoms with E-state index in [1.54, 1.807) is 0 Å². The van der Waals surface area contributed by atoms with Crippen LogP contribution in [0.15, 0.2) is 0 Å². The minimum absolute atomic E-state index is 0.509. The molecule has 0 aliphatic carbocycles. The first-order valence-electron chi connectivity index (χ1n) is 6.47. The minimum Gasteiger partial charge on any atom is -0.379 e. The topological polar surface area (TPSA) is 121 Å². The third kappa shape index (κ3) is 17.1. The van der Waals surface area contributed by atoms with E-state index in [1.165, 1.54) is 0 Å². The number of primary amides is 1. The lowest BCUT2D eigenvalue weighted by atomic mass is 10.4. The van der Waals surface area contributed by atoms with E-state index >= 15 is 0 Å². The summed E-state index contributed by atoms with van der Waals surface area (Å²) in [5, 5.41) is 2.48. The molecule has 0 rings (SSSR count). The summed E-state index contributed by atoms with van der Waals surface area (Å²) >= 11 is 0. The third-order valence-electron chi connectivity index (χ3n) is 2.12. The average molecular weight is 278 g/mol. The summed E-state index contributed by atoms with van der Waals surface area (Å²) in [6.45, 7) is 4.74. The molecule has 0 aromatic rings. The minimum atomic E-state index is -0.509. The van der Waals surface area contributed by atoms with E-state index in [9.17, 15) is 4.79 Å². The van der Waals surface area contributed by atoms with E-state index in [0.717, 1.165) is 19.4 Å². The zero-order valence-corrected chi connectivity index (χ0v) is 11.4. The first-order chi connectivity index (χ1) is 9.27. The summed E-state index contributed by atoms with van der Waals surface area (Å²) in [6.07, 6.45) is 1.63. The number of carbonyl (C=O) groups excluding carboxylic acids is 1. The Labute approximate surface area is 114 Å². The standard InChI is InChI=1S/C11H26N4O4/c12-11(16)14-3-1-5-17-7-9-19-10-8-18-6-2-4-15-13/h15H,1-10,13H2,(H3,12,14,16). The second-order valence-electron chi connectivity index (χ2n) is 3.79. The number of amides is 2. The molecular weight excluding hydrogens is 252 g/mol. The molecule has 0 spiro atoms. The summed E-state index contributed by atoms with van der Waals surface area (Å²) in [6, 6.07) is -0.509. The van der Waals surface area contributed by atoms with Gasteiger partial charge in [-0.1, -0.05) is 0 Å². The van der Waals surface area contributed by atoms with Gasteiger partial charge in [0.05, 0.1) is 26.4 Å². The molecule has 0 aliphatic heterocycles. The highest BCUT2D eigenvalue weighted by atomic mass is 16.5. The molecule has 114 valence electrons. The molecule has 2 amide bonds. The predicted octanol–water partition coefficient (Wildman–Crippen LogP) is -1.05. The lowest BCUT2D eigenvalue weighted by Gasteiger charge is -2.07. The highest BCUT2D eigenvalue weighted by Crippen LogP contribution is 1.85. The van der Waals surface area contributed by atoms with Crippen LogP contribution in [0.3, 0.4) is 0 Å². The smallest absolute Gasteiger partial charge is 0.312 e. The van der Waals surface area contributed by atoms with E-state index in [1.807, 2.05) is 0 Å². The fraction of sp³-hybridized carbons (Fsp3) is 0.909. The van der Waals surface area contributed by atoms with Crippen LogP contribution < -0.4 is 22.3 Å². The van der Waals surface area contributed by atoms with Gasteiger partial charge in [0.1, 0.15) is 0 Å². The zero-order valence-electron chi connectivity index (χ0n) is 11.4. The van der Waals surface area contributed by atoms with Crippen molar-refractivity contribution in [2.24, 2.45) is 11.6 Å². The summed E-state index contributed by atoms with van der Waals surface area (Å²) < 4.78 is 15.9. The Kier molecular flexibility index (Phi) is 14.4. The molecule has 0 heterocycles. The molecular formula is C11H26N4O4. The summed E-state index contributed by atoms with van der Waals surface area (Å²) in [5.41, 5.74) is 7.46. The van der Waals surface area contributed by atoms with Gasteiger partial charge in [-0.3, -0.25) is 11.3 Å². The lowest BCUT2D eigenvalue weighted by molar-refractivity contribution is 0.0139. The van der Waals surface area contributed by atoms with Gasteiger partial charge in [-0.05, 0) is 12.8 Å². The van der Waals surface area contributed by atoms with E-state index in [2.05, 4.69) is 10.7 Å². The van der Waals surface area contributed by atoms with Gasteiger partial charge in [-0.2, -0.15) is 0 Å². The van der Waals surface area contributed by atoms with Crippen LogP contribution in [0.25, 0.3) is 0 Å². The van der Waals surface area contributed by atoms with Gasteiger partial charge in [-0.25, -0.2) is 4.79 Å². The molecule has 0 radical (unpaired) electrons. The molecule has 0 saturated carbocycles. The molecule has 0 bridgehead atoms. The monoisotopic (exact) mass is 278 g/mol. The maximum absolute atomic E-state index is 10.3. The van der Waals surface area contributed by atoms with Gasteiger partial charge in [0.2, 0.25) is 0 Å². The Morgan fingerprint density at radius 2 is 1.32 bits per heavy atom. The van der Waals surface area contributed by atoms with Crippen LogP contribution in [0.1, 0.15) is 12.8 Å². The van der Waals surface area contributed by atoms with Crippen molar-refractivity contribution in [2.75, 3.05) is 52.7 Å². The lowest BCUT2D eigenvalue weighted by Crippen LogP contribution is -2.30. The van der Waals surface area contributed by atoms with Crippen molar-refractivity contribution < 1.29 is 19.0 Å². The van der Waals surface area contributed by atoms with Crippen LogP contribution in [-0.2, 0) is 14.2 Å². The maximum atomic E-state index is 10.3. The number of urea groups is 1. The second-order valence-corrected chi connectivity index (χ2v) is 3.79.